The van der Waals surface area contributed by atoms with Crippen LogP contribution in [0.4, 0.5) is 4.39 Å². The van der Waals surface area contributed by atoms with Gasteiger partial charge < -0.3 is 9.47 Å². The summed E-state index contributed by atoms with van der Waals surface area (Å²) in [5.41, 5.74) is 4.56. The van der Waals surface area contributed by atoms with Gasteiger partial charge in [-0.25, -0.2) is 4.39 Å². The van der Waals surface area contributed by atoms with Gasteiger partial charge in [0.05, 0.1) is 12.7 Å². The number of hydrogen-bond acceptors (Lipinski definition) is 4. The fraction of sp³-hybridized carbons (Fsp3) is 0.125. The van der Waals surface area contributed by atoms with Crippen molar-refractivity contribution in [3.63, 3.8) is 0 Å². The highest BCUT2D eigenvalue weighted by atomic mass is 79.9. The van der Waals surface area contributed by atoms with Crippen LogP contribution in [0.2, 0.25) is 5.02 Å². The van der Waals surface area contributed by atoms with Gasteiger partial charge in [-0.1, -0.05) is 27.5 Å². The summed E-state index contributed by atoms with van der Waals surface area (Å²) in [6.07, 6.45) is 0. The standard InChI is InChI=1S/C16H13BrClFN2O4/c1-24-14-7-10(18)3-4-11(14)16(23)21-20-15(22)8-25-13-5-2-9(17)6-12(13)19/h2-7H,8H2,1H3,(H,20,22)(H,21,23). The molecule has 9 heteroatoms. The number of rotatable bonds is 5. The molecule has 2 aromatic rings. The third-order valence-corrected chi connectivity index (χ3v) is 3.70. The van der Waals surface area contributed by atoms with Crippen LogP contribution >= 0.6 is 27.5 Å². The van der Waals surface area contributed by atoms with Crippen molar-refractivity contribution in [2.75, 3.05) is 13.7 Å². The van der Waals surface area contributed by atoms with Crippen LogP contribution in [-0.2, 0) is 4.79 Å². The number of carbonyl (C=O) groups is 2. The van der Waals surface area contributed by atoms with E-state index in [0.717, 1.165) is 0 Å². The lowest BCUT2D eigenvalue weighted by molar-refractivity contribution is -0.123. The summed E-state index contributed by atoms with van der Waals surface area (Å²) in [6, 6.07) is 8.60. The van der Waals surface area contributed by atoms with Crippen LogP contribution in [0.3, 0.4) is 0 Å². The molecule has 0 aliphatic carbocycles. The van der Waals surface area contributed by atoms with E-state index in [9.17, 15) is 14.0 Å². The fourth-order valence-corrected chi connectivity index (χ4v) is 2.31. The largest absolute Gasteiger partial charge is 0.496 e. The van der Waals surface area contributed by atoms with Gasteiger partial charge >= 0.3 is 0 Å². The summed E-state index contributed by atoms with van der Waals surface area (Å²) in [7, 11) is 1.39. The second-order valence-electron chi connectivity index (χ2n) is 4.71. The van der Waals surface area contributed by atoms with E-state index in [0.29, 0.717) is 9.50 Å². The quantitative estimate of drug-likeness (QED) is 0.713. The highest BCUT2D eigenvalue weighted by Gasteiger charge is 2.14. The van der Waals surface area contributed by atoms with Crippen LogP contribution in [0.15, 0.2) is 40.9 Å². The lowest BCUT2D eigenvalue weighted by Gasteiger charge is -2.11. The maximum absolute atomic E-state index is 13.6. The number of nitrogens with one attached hydrogen (secondary N) is 2. The molecule has 0 spiro atoms. The maximum atomic E-state index is 13.6. The summed E-state index contributed by atoms with van der Waals surface area (Å²) >= 11 is 8.93. The summed E-state index contributed by atoms with van der Waals surface area (Å²) in [4.78, 5) is 23.8. The van der Waals surface area contributed by atoms with E-state index in [4.69, 9.17) is 21.1 Å². The first-order valence-corrected chi connectivity index (χ1v) is 8.08. The van der Waals surface area contributed by atoms with Crippen molar-refractivity contribution in [3.8, 4) is 11.5 Å². The molecular weight excluding hydrogens is 419 g/mol. The van der Waals surface area contributed by atoms with Crippen LogP contribution in [0.5, 0.6) is 11.5 Å². The number of hydrogen-bond donors (Lipinski definition) is 2. The molecule has 0 saturated carbocycles. The van der Waals surface area contributed by atoms with Gasteiger partial charge in [0.25, 0.3) is 11.8 Å². The number of benzene rings is 2. The molecule has 0 atom stereocenters. The minimum absolute atomic E-state index is 0.0796. The van der Waals surface area contributed by atoms with E-state index < -0.39 is 24.2 Å². The molecule has 0 aliphatic rings. The Balaban J connectivity index is 1.88. The molecule has 0 unspecified atom stereocenters. The first-order valence-electron chi connectivity index (χ1n) is 6.91. The molecule has 2 aromatic carbocycles. The molecule has 2 N–H and O–H groups in total. The van der Waals surface area contributed by atoms with Crippen molar-refractivity contribution in [3.05, 3.63) is 57.3 Å². The zero-order valence-corrected chi connectivity index (χ0v) is 15.3. The monoisotopic (exact) mass is 430 g/mol. The molecule has 2 amide bonds. The van der Waals surface area contributed by atoms with Crippen molar-refractivity contribution in [1.82, 2.24) is 10.9 Å². The van der Waals surface area contributed by atoms with Crippen molar-refractivity contribution < 1.29 is 23.5 Å². The SMILES string of the molecule is COc1cc(Cl)ccc1C(=O)NNC(=O)COc1ccc(Br)cc1F. The second-order valence-corrected chi connectivity index (χ2v) is 6.06. The van der Waals surface area contributed by atoms with Gasteiger partial charge in [0.1, 0.15) is 5.75 Å². The Morgan fingerprint density at radius 1 is 1.16 bits per heavy atom. The van der Waals surface area contributed by atoms with Gasteiger partial charge in [-0.2, -0.15) is 0 Å². The molecule has 6 nitrogen and oxygen atoms in total. The first kappa shape index (κ1) is 19.0. The first-order chi connectivity index (χ1) is 11.9. The number of carbonyl (C=O) groups excluding carboxylic acids is 2. The van der Waals surface area contributed by atoms with Gasteiger partial charge in [0, 0.05) is 9.50 Å². The van der Waals surface area contributed by atoms with E-state index in [1.807, 2.05) is 0 Å². The van der Waals surface area contributed by atoms with Crippen molar-refractivity contribution in [1.29, 1.82) is 0 Å². The Hall–Kier alpha value is -2.32. The lowest BCUT2D eigenvalue weighted by atomic mass is 10.2. The predicted octanol–water partition coefficient (Wildman–Crippen LogP) is 3.09. The highest BCUT2D eigenvalue weighted by Crippen LogP contribution is 2.23. The molecule has 0 fully saturated rings. The van der Waals surface area contributed by atoms with Crippen molar-refractivity contribution in [2.24, 2.45) is 0 Å². The normalized spacial score (nSPS) is 10.1. The number of ether oxygens (including phenoxy) is 2. The molecule has 132 valence electrons. The van der Waals surface area contributed by atoms with E-state index in [-0.39, 0.29) is 17.1 Å². The molecule has 0 saturated heterocycles. The Morgan fingerprint density at radius 2 is 1.92 bits per heavy atom. The van der Waals surface area contributed by atoms with Crippen molar-refractivity contribution >= 4 is 39.3 Å². The van der Waals surface area contributed by atoms with Gasteiger partial charge in [-0.15, -0.1) is 0 Å². The zero-order valence-electron chi connectivity index (χ0n) is 12.9. The summed E-state index contributed by atoms with van der Waals surface area (Å²) < 4.78 is 24.2. The fourth-order valence-electron chi connectivity index (χ4n) is 1.82. The van der Waals surface area contributed by atoms with Gasteiger partial charge in [0.2, 0.25) is 0 Å². The number of amides is 2. The summed E-state index contributed by atoms with van der Waals surface area (Å²) in [6.45, 7) is -0.476. The average Bonchev–Trinajstić information content (AvgIpc) is 2.58. The molecule has 0 bridgehead atoms. The van der Waals surface area contributed by atoms with Crippen LogP contribution in [0.25, 0.3) is 0 Å². The number of halogens is 3. The van der Waals surface area contributed by atoms with Crippen molar-refractivity contribution in [2.45, 2.75) is 0 Å². The van der Waals surface area contributed by atoms with Gasteiger partial charge in [-0.3, -0.25) is 20.4 Å². The second kappa shape index (κ2) is 8.68. The third kappa shape index (κ3) is 5.33. The molecule has 0 radical (unpaired) electrons. The van der Waals surface area contributed by atoms with Crippen LogP contribution in [0, 0.1) is 5.82 Å². The summed E-state index contributed by atoms with van der Waals surface area (Å²) in [5.74, 6) is -1.70. The molecular formula is C16H13BrClFN2O4. The topological polar surface area (TPSA) is 76.7 Å². The average molecular weight is 432 g/mol. The molecule has 25 heavy (non-hydrogen) atoms. The molecule has 0 aliphatic heterocycles. The maximum Gasteiger partial charge on any atom is 0.276 e. The Morgan fingerprint density at radius 3 is 2.60 bits per heavy atom. The van der Waals surface area contributed by atoms with E-state index in [2.05, 4.69) is 26.8 Å². The highest BCUT2D eigenvalue weighted by molar-refractivity contribution is 9.10. The number of methoxy groups -OCH3 is 1. The van der Waals surface area contributed by atoms with E-state index >= 15 is 0 Å². The van der Waals surface area contributed by atoms with Crippen LogP contribution < -0.4 is 20.3 Å². The Bertz CT molecular complexity index is 804. The summed E-state index contributed by atoms with van der Waals surface area (Å²) in [5, 5.41) is 0.405. The Labute approximate surface area is 156 Å². The zero-order chi connectivity index (χ0) is 18.4. The number of hydrazine groups is 1. The molecule has 0 heterocycles. The van der Waals surface area contributed by atoms with Crippen LogP contribution in [-0.4, -0.2) is 25.5 Å². The van der Waals surface area contributed by atoms with Crippen LogP contribution in [0.1, 0.15) is 10.4 Å². The predicted molar refractivity (Wildman–Crippen MR) is 93.2 cm³/mol. The molecule has 2 rings (SSSR count). The lowest BCUT2D eigenvalue weighted by Crippen LogP contribution is -2.44. The van der Waals surface area contributed by atoms with E-state index in [1.165, 1.54) is 37.4 Å². The van der Waals surface area contributed by atoms with Gasteiger partial charge in [0.15, 0.2) is 18.2 Å². The smallest absolute Gasteiger partial charge is 0.276 e. The molecule has 0 aromatic heterocycles. The minimum atomic E-state index is -0.663. The van der Waals surface area contributed by atoms with E-state index in [1.54, 1.807) is 6.07 Å². The van der Waals surface area contributed by atoms with Gasteiger partial charge in [-0.05, 0) is 36.4 Å². The third-order valence-electron chi connectivity index (χ3n) is 2.98. The minimum Gasteiger partial charge on any atom is -0.496 e. The Kier molecular flexibility index (Phi) is 6.60.